The molecule has 0 aliphatic carbocycles. The first kappa shape index (κ1) is 11.9. The molecule has 0 radical (unpaired) electrons. The summed E-state index contributed by atoms with van der Waals surface area (Å²) >= 11 is 0. The van der Waals surface area contributed by atoms with Crippen LogP contribution in [0.3, 0.4) is 0 Å². The van der Waals surface area contributed by atoms with Crippen LogP contribution in [-0.4, -0.2) is 29.2 Å². The fourth-order valence-corrected chi connectivity index (χ4v) is 2.51. The predicted octanol–water partition coefficient (Wildman–Crippen LogP) is 1.66. The van der Waals surface area contributed by atoms with E-state index in [9.17, 15) is 10.1 Å². The molecule has 100 valence electrons. The van der Waals surface area contributed by atoms with Gasteiger partial charge in [-0.3, -0.25) is 10.1 Å². The van der Waals surface area contributed by atoms with E-state index in [0.717, 1.165) is 19.4 Å². The maximum atomic E-state index is 10.9. The molecule has 1 aliphatic rings. The molecule has 0 amide bonds. The van der Waals surface area contributed by atoms with E-state index in [-0.39, 0.29) is 17.3 Å². The van der Waals surface area contributed by atoms with Gasteiger partial charge in [-0.05, 0) is 18.9 Å². The van der Waals surface area contributed by atoms with Gasteiger partial charge in [-0.25, -0.2) is 0 Å². The summed E-state index contributed by atoms with van der Waals surface area (Å²) in [6, 6.07) is 4.96. The number of aromatic nitrogens is 1. The number of nitro benzene ring substituents is 1. The van der Waals surface area contributed by atoms with Crippen molar-refractivity contribution in [3.8, 4) is 0 Å². The summed E-state index contributed by atoms with van der Waals surface area (Å²) < 4.78 is 5.16. The molecule has 3 rings (SSSR count). The van der Waals surface area contributed by atoms with Gasteiger partial charge in [0.2, 0.25) is 5.58 Å². The Balaban J connectivity index is 2.05. The van der Waals surface area contributed by atoms with Gasteiger partial charge in [0.05, 0.1) is 10.3 Å². The standard InChI is InChI=1S/C12H14N4O3/c13-8-3-2-6-15(7-8)12-9-4-1-5-10(16(17)18)11(9)19-14-12/h1,4-5,8H,2-3,6-7,13H2/t8-/m1/s1. The van der Waals surface area contributed by atoms with Crippen LogP contribution in [0, 0.1) is 10.1 Å². The van der Waals surface area contributed by atoms with Crippen LogP contribution in [0.2, 0.25) is 0 Å². The molecule has 1 aromatic carbocycles. The van der Waals surface area contributed by atoms with Crippen LogP contribution < -0.4 is 10.6 Å². The highest BCUT2D eigenvalue weighted by Crippen LogP contribution is 2.33. The summed E-state index contributed by atoms with van der Waals surface area (Å²) in [7, 11) is 0. The molecular weight excluding hydrogens is 248 g/mol. The molecule has 1 aromatic heterocycles. The molecule has 1 saturated heterocycles. The van der Waals surface area contributed by atoms with Gasteiger partial charge < -0.3 is 15.2 Å². The van der Waals surface area contributed by atoms with E-state index in [1.807, 2.05) is 4.90 Å². The largest absolute Gasteiger partial charge is 0.352 e. The molecular formula is C12H14N4O3. The molecule has 2 aromatic rings. The lowest BCUT2D eigenvalue weighted by Gasteiger charge is -2.30. The van der Waals surface area contributed by atoms with E-state index in [2.05, 4.69) is 5.16 Å². The maximum absolute atomic E-state index is 10.9. The minimum atomic E-state index is -0.459. The number of nitrogens with two attached hydrogens (primary N) is 1. The monoisotopic (exact) mass is 262 g/mol. The number of nitro groups is 1. The minimum Gasteiger partial charge on any atom is -0.352 e. The zero-order chi connectivity index (χ0) is 13.4. The Labute approximate surface area is 109 Å². The van der Waals surface area contributed by atoms with Crippen molar-refractivity contribution in [2.75, 3.05) is 18.0 Å². The number of rotatable bonds is 2. The number of fused-ring (bicyclic) bond motifs is 1. The third-order valence-corrected chi connectivity index (χ3v) is 3.41. The molecule has 0 spiro atoms. The van der Waals surface area contributed by atoms with Gasteiger partial charge >= 0.3 is 5.69 Å². The maximum Gasteiger partial charge on any atom is 0.315 e. The second kappa shape index (κ2) is 4.51. The molecule has 0 bridgehead atoms. The zero-order valence-corrected chi connectivity index (χ0v) is 10.3. The second-order valence-corrected chi connectivity index (χ2v) is 4.77. The number of non-ortho nitro benzene ring substituents is 1. The van der Waals surface area contributed by atoms with Gasteiger partial charge in [0, 0.05) is 25.2 Å². The van der Waals surface area contributed by atoms with Crippen molar-refractivity contribution < 1.29 is 9.45 Å². The Morgan fingerprint density at radius 3 is 3.11 bits per heavy atom. The first-order chi connectivity index (χ1) is 9.16. The summed E-state index contributed by atoms with van der Waals surface area (Å²) in [5.41, 5.74) is 6.11. The minimum absolute atomic E-state index is 0.0578. The van der Waals surface area contributed by atoms with Crippen molar-refractivity contribution in [2.45, 2.75) is 18.9 Å². The summed E-state index contributed by atoms with van der Waals surface area (Å²) in [6.07, 6.45) is 1.98. The van der Waals surface area contributed by atoms with Gasteiger partial charge in [0.15, 0.2) is 5.82 Å². The van der Waals surface area contributed by atoms with Gasteiger partial charge in [0.1, 0.15) is 0 Å². The third-order valence-electron chi connectivity index (χ3n) is 3.41. The van der Waals surface area contributed by atoms with Gasteiger partial charge in [-0.15, -0.1) is 0 Å². The van der Waals surface area contributed by atoms with Crippen molar-refractivity contribution in [1.82, 2.24) is 5.16 Å². The van der Waals surface area contributed by atoms with Crippen LogP contribution in [0.5, 0.6) is 0 Å². The van der Waals surface area contributed by atoms with Crippen LogP contribution in [0.25, 0.3) is 11.0 Å². The topological polar surface area (TPSA) is 98.4 Å². The molecule has 7 nitrogen and oxygen atoms in total. The number of piperidine rings is 1. The van der Waals surface area contributed by atoms with E-state index < -0.39 is 4.92 Å². The molecule has 0 unspecified atom stereocenters. The van der Waals surface area contributed by atoms with E-state index >= 15 is 0 Å². The SMILES string of the molecule is N[C@@H]1CCCN(c2noc3c([N+](=O)[O-])cccc23)C1. The summed E-state index contributed by atoms with van der Waals surface area (Å²) in [4.78, 5) is 12.5. The number of para-hydroxylation sites is 1. The molecule has 2 N–H and O–H groups in total. The zero-order valence-electron chi connectivity index (χ0n) is 10.3. The number of nitrogens with zero attached hydrogens (tertiary/aromatic N) is 3. The summed E-state index contributed by atoms with van der Waals surface area (Å²) in [5, 5.41) is 15.6. The van der Waals surface area contributed by atoms with Crippen LogP contribution >= 0.6 is 0 Å². The Morgan fingerprint density at radius 2 is 2.37 bits per heavy atom. The van der Waals surface area contributed by atoms with E-state index in [0.29, 0.717) is 17.7 Å². The fourth-order valence-electron chi connectivity index (χ4n) is 2.51. The third kappa shape index (κ3) is 2.01. The Hall–Kier alpha value is -2.15. The van der Waals surface area contributed by atoms with Crippen LogP contribution in [0.1, 0.15) is 12.8 Å². The molecule has 19 heavy (non-hydrogen) atoms. The van der Waals surface area contributed by atoms with Crippen molar-refractivity contribution in [1.29, 1.82) is 0 Å². The molecule has 2 heterocycles. The number of hydrogen-bond acceptors (Lipinski definition) is 6. The van der Waals surface area contributed by atoms with Crippen molar-refractivity contribution in [2.24, 2.45) is 5.73 Å². The average molecular weight is 262 g/mol. The molecule has 0 saturated carbocycles. The highest BCUT2D eigenvalue weighted by molar-refractivity contribution is 5.94. The first-order valence-corrected chi connectivity index (χ1v) is 6.20. The second-order valence-electron chi connectivity index (χ2n) is 4.77. The average Bonchev–Trinajstić information content (AvgIpc) is 2.82. The number of anilines is 1. The highest BCUT2D eigenvalue weighted by Gasteiger charge is 2.25. The molecule has 1 aliphatic heterocycles. The molecule has 1 fully saturated rings. The molecule has 7 heteroatoms. The van der Waals surface area contributed by atoms with Crippen LogP contribution in [-0.2, 0) is 0 Å². The number of hydrogen-bond donors (Lipinski definition) is 1. The predicted molar refractivity (Wildman–Crippen MR) is 70.1 cm³/mol. The van der Waals surface area contributed by atoms with Crippen molar-refractivity contribution in [3.63, 3.8) is 0 Å². The lowest BCUT2D eigenvalue weighted by molar-refractivity contribution is -0.383. The quantitative estimate of drug-likeness (QED) is 0.652. The fraction of sp³-hybridized carbons (Fsp3) is 0.417. The Kier molecular flexibility index (Phi) is 2.83. The van der Waals surface area contributed by atoms with Crippen LogP contribution in [0.4, 0.5) is 11.5 Å². The summed E-state index contributed by atoms with van der Waals surface area (Å²) in [5.74, 6) is 0.647. The lowest BCUT2D eigenvalue weighted by Crippen LogP contribution is -2.43. The molecule has 1 atom stereocenters. The number of benzene rings is 1. The summed E-state index contributed by atoms with van der Waals surface area (Å²) in [6.45, 7) is 1.54. The van der Waals surface area contributed by atoms with Gasteiger partial charge in [0.25, 0.3) is 0 Å². The van der Waals surface area contributed by atoms with Crippen molar-refractivity contribution >= 4 is 22.5 Å². The normalized spacial score (nSPS) is 19.8. The van der Waals surface area contributed by atoms with Crippen molar-refractivity contribution in [3.05, 3.63) is 28.3 Å². The Bertz CT molecular complexity index is 624. The van der Waals surface area contributed by atoms with Crippen LogP contribution in [0.15, 0.2) is 22.7 Å². The van der Waals surface area contributed by atoms with E-state index in [1.54, 1.807) is 12.1 Å². The highest BCUT2D eigenvalue weighted by atomic mass is 16.6. The van der Waals surface area contributed by atoms with E-state index in [1.165, 1.54) is 6.07 Å². The Morgan fingerprint density at radius 1 is 1.53 bits per heavy atom. The van der Waals surface area contributed by atoms with E-state index in [4.69, 9.17) is 10.3 Å². The lowest BCUT2D eigenvalue weighted by atomic mass is 10.1. The van der Waals surface area contributed by atoms with Gasteiger partial charge in [-0.1, -0.05) is 11.2 Å². The first-order valence-electron chi connectivity index (χ1n) is 6.20. The smallest absolute Gasteiger partial charge is 0.315 e. The van der Waals surface area contributed by atoms with Gasteiger partial charge in [-0.2, -0.15) is 0 Å².